The lowest BCUT2D eigenvalue weighted by atomic mass is 10.2. The normalized spacial score (nSPS) is 11.9. The number of aromatic nitrogens is 3. The van der Waals surface area contributed by atoms with Gasteiger partial charge in [0.15, 0.2) is 5.82 Å². The number of benzene rings is 1. The summed E-state index contributed by atoms with van der Waals surface area (Å²) < 4.78 is 64.4. The Balaban J connectivity index is 1.48. The van der Waals surface area contributed by atoms with Crippen molar-refractivity contribution in [1.29, 1.82) is 0 Å². The molecule has 3 rings (SSSR count). The Morgan fingerprint density at radius 2 is 1.58 bits per heavy atom. The number of anilines is 3. The lowest BCUT2D eigenvalue weighted by Gasteiger charge is -2.10. The minimum Gasteiger partial charge on any atom is -0.367 e. The quantitative estimate of drug-likeness (QED) is 0.450. The number of nitrogens with zero attached hydrogens (tertiary/aromatic N) is 3. The van der Waals surface area contributed by atoms with Crippen molar-refractivity contribution >= 4 is 27.5 Å². The number of hydrogen-bond donors (Lipinski definition) is 3. The Bertz CT molecular complexity index is 1120. The van der Waals surface area contributed by atoms with Crippen LogP contribution in [0.3, 0.4) is 0 Å². The molecule has 0 atom stereocenters. The molecule has 0 saturated carbocycles. The molecule has 31 heavy (non-hydrogen) atoms. The second kappa shape index (κ2) is 9.27. The molecule has 2 aromatic heterocycles. The molecular formula is C19H19F3N6O2S. The number of halogens is 3. The molecule has 0 aliphatic carbocycles. The molecule has 164 valence electrons. The van der Waals surface area contributed by atoms with Gasteiger partial charge in [-0.25, -0.2) is 18.1 Å². The second-order valence-electron chi connectivity index (χ2n) is 6.49. The number of aryl methyl sites for hydroxylation is 1. The first-order chi connectivity index (χ1) is 14.6. The van der Waals surface area contributed by atoms with Gasteiger partial charge in [-0.2, -0.15) is 13.2 Å². The monoisotopic (exact) mass is 452 g/mol. The number of rotatable bonds is 8. The summed E-state index contributed by atoms with van der Waals surface area (Å²) >= 11 is 0. The van der Waals surface area contributed by atoms with Crippen LogP contribution in [0.1, 0.15) is 11.1 Å². The molecule has 0 radical (unpaired) electrons. The smallest absolute Gasteiger partial charge is 0.367 e. The van der Waals surface area contributed by atoms with Gasteiger partial charge in [0.05, 0.1) is 10.5 Å². The zero-order chi connectivity index (χ0) is 22.5. The zero-order valence-corrected chi connectivity index (χ0v) is 17.1. The van der Waals surface area contributed by atoms with Gasteiger partial charge in [-0.15, -0.1) is 10.2 Å². The number of hydrogen-bond acceptors (Lipinski definition) is 7. The average molecular weight is 452 g/mol. The van der Waals surface area contributed by atoms with Gasteiger partial charge in [-0.3, -0.25) is 0 Å². The summed E-state index contributed by atoms with van der Waals surface area (Å²) in [5.41, 5.74) is 0.130. The lowest BCUT2D eigenvalue weighted by Crippen LogP contribution is -2.29. The van der Waals surface area contributed by atoms with E-state index in [1.54, 1.807) is 18.3 Å². The molecule has 0 fully saturated rings. The predicted molar refractivity (Wildman–Crippen MR) is 109 cm³/mol. The maximum absolute atomic E-state index is 12.6. The van der Waals surface area contributed by atoms with Crippen LogP contribution in [0.2, 0.25) is 0 Å². The van der Waals surface area contributed by atoms with Gasteiger partial charge in [0.1, 0.15) is 11.6 Å². The highest BCUT2D eigenvalue weighted by molar-refractivity contribution is 7.89. The van der Waals surface area contributed by atoms with Gasteiger partial charge in [0.2, 0.25) is 10.0 Å². The van der Waals surface area contributed by atoms with E-state index in [9.17, 15) is 21.6 Å². The van der Waals surface area contributed by atoms with Gasteiger partial charge in [0, 0.05) is 19.3 Å². The first kappa shape index (κ1) is 22.4. The fourth-order valence-electron chi connectivity index (χ4n) is 2.51. The minimum absolute atomic E-state index is 0.00174. The summed E-state index contributed by atoms with van der Waals surface area (Å²) in [6, 6.07) is 10.4. The SMILES string of the molecule is Cc1ccnc(Nc2ccc(NCCNS(=O)(=O)c3ccc(C(F)(F)F)cc3)nn2)c1. The van der Waals surface area contributed by atoms with Crippen LogP contribution in [-0.4, -0.2) is 36.7 Å². The van der Waals surface area contributed by atoms with E-state index in [0.717, 1.165) is 29.8 Å². The van der Waals surface area contributed by atoms with Gasteiger partial charge in [0.25, 0.3) is 0 Å². The fourth-order valence-corrected chi connectivity index (χ4v) is 3.54. The Kier molecular flexibility index (Phi) is 6.71. The molecule has 0 aliphatic heterocycles. The van der Waals surface area contributed by atoms with Crippen molar-refractivity contribution in [3.8, 4) is 0 Å². The van der Waals surface area contributed by atoms with Crippen LogP contribution in [0.4, 0.5) is 30.6 Å². The maximum atomic E-state index is 12.6. The molecule has 0 saturated heterocycles. The average Bonchev–Trinajstić information content (AvgIpc) is 2.72. The Morgan fingerprint density at radius 3 is 2.19 bits per heavy atom. The molecule has 0 amide bonds. The zero-order valence-electron chi connectivity index (χ0n) is 16.3. The molecule has 2 heterocycles. The molecule has 0 bridgehead atoms. The van der Waals surface area contributed by atoms with Gasteiger partial charge in [-0.05, 0) is 61.0 Å². The first-order valence-electron chi connectivity index (χ1n) is 9.08. The Morgan fingerprint density at radius 1 is 0.903 bits per heavy atom. The topological polar surface area (TPSA) is 109 Å². The van der Waals surface area contributed by atoms with Gasteiger partial charge >= 0.3 is 6.18 Å². The third-order valence-electron chi connectivity index (χ3n) is 4.05. The third kappa shape index (κ3) is 6.36. The van der Waals surface area contributed by atoms with Crippen LogP contribution in [0, 0.1) is 6.92 Å². The standard InChI is InChI=1S/C19H19F3N6O2S/c1-13-8-9-23-18(12-13)26-17-7-6-16(27-28-17)24-10-11-25-31(29,30)15-4-2-14(3-5-15)19(20,21)22/h2-9,12,25H,10-11H2,1H3,(H,24,27)(H,23,26,28). The molecule has 8 nitrogen and oxygen atoms in total. The number of pyridine rings is 1. The van der Waals surface area contributed by atoms with E-state index in [-0.39, 0.29) is 18.0 Å². The van der Waals surface area contributed by atoms with Crippen molar-refractivity contribution in [2.24, 2.45) is 0 Å². The maximum Gasteiger partial charge on any atom is 0.416 e. The minimum atomic E-state index is -4.53. The summed E-state index contributed by atoms with van der Waals surface area (Å²) in [4.78, 5) is 3.92. The van der Waals surface area contributed by atoms with Gasteiger partial charge in [-0.1, -0.05) is 0 Å². The lowest BCUT2D eigenvalue weighted by molar-refractivity contribution is -0.137. The Labute approximate surface area is 177 Å². The Hall–Kier alpha value is -3.25. The molecule has 1 aromatic carbocycles. The van der Waals surface area contributed by atoms with Crippen molar-refractivity contribution < 1.29 is 21.6 Å². The number of alkyl halides is 3. The molecule has 12 heteroatoms. The summed E-state index contributed by atoms with van der Waals surface area (Å²) in [6.45, 7) is 2.14. The number of nitrogens with one attached hydrogen (secondary N) is 3. The van der Waals surface area contributed by atoms with E-state index < -0.39 is 21.8 Å². The highest BCUT2D eigenvalue weighted by Gasteiger charge is 2.30. The predicted octanol–water partition coefficient (Wildman–Crippen LogP) is 3.33. The van der Waals surface area contributed by atoms with Crippen LogP contribution in [0.25, 0.3) is 0 Å². The van der Waals surface area contributed by atoms with Crippen LogP contribution in [0.15, 0.2) is 59.6 Å². The van der Waals surface area contributed by atoms with E-state index >= 15 is 0 Å². The molecule has 0 unspecified atom stereocenters. The summed E-state index contributed by atoms with van der Waals surface area (Å²) in [6.07, 6.45) is -2.85. The molecule has 3 aromatic rings. The molecule has 3 N–H and O–H groups in total. The van der Waals surface area contributed by atoms with Crippen molar-refractivity contribution in [2.75, 3.05) is 23.7 Å². The van der Waals surface area contributed by atoms with Crippen LogP contribution in [0.5, 0.6) is 0 Å². The van der Waals surface area contributed by atoms with Crippen molar-refractivity contribution in [1.82, 2.24) is 19.9 Å². The van der Waals surface area contributed by atoms with Gasteiger partial charge < -0.3 is 10.6 Å². The summed E-state index contributed by atoms with van der Waals surface area (Å²) in [5, 5.41) is 13.9. The van der Waals surface area contributed by atoms with Crippen LogP contribution in [-0.2, 0) is 16.2 Å². The van der Waals surface area contributed by atoms with Crippen molar-refractivity contribution in [3.63, 3.8) is 0 Å². The van der Waals surface area contributed by atoms with Crippen molar-refractivity contribution in [2.45, 2.75) is 18.0 Å². The van der Waals surface area contributed by atoms with Crippen LogP contribution < -0.4 is 15.4 Å². The summed E-state index contributed by atoms with van der Waals surface area (Å²) in [7, 11) is -3.93. The first-order valence-corrected chi connectivity index (χ1v) is 10.6. The molecular weight excluding hydrogens is 433 g/mol. The largest absolute Gasteiger partial charge is 0.416 e. The van der Waals surface area contributed by atoms with E-state index in [4.69, 9.17) is 0 Å². The van der Waals surface area contributed by atoms with E-state index in [0.29, 0.717) is 17.5 Å². The summed E-state index contributed by atoms with van der Waals surface area (Å²) in [5.74, 6) is 1.55. The third-order valence-corrected chi connectivity index (χ3v) is 5.53. The highest BCUT2D eigenvalue weighted by Crippen LogP contribution is 2.29. The number of sulfonamides is 1. The van der Waals surface area contributed by atoms with E-state index in [1.165, 1.54) is 0 Å². The van der Waals surface area contributed by atoms with Crippen molar-refractivity contribution in [3.05, 3.63) is 65.9 Å². The van der Waals surface area contributed by atoms with E-state index in [1.807, 2.05) is 19.1 Å². The highest BCUT2D eigenvalue weighted by atomic mass is 32.2. The van der Waals surface area contributed by atoms with E-state index in [2.05, 4.69) is 30.5 Å². The molecule has 0 spiro atoms. The second-order valence-corrected chi connectivity index (χ2v) is 8.26. The fraction of sp³-hybridized carbons (Fsp3) is 0.211. The molecule has 0 aliphatic rings. The van der Waals surface area contributed by atoms with Crippen LogP contribution >= 0.6 is 0 Å².